The van der Waals surface area contributed by atoms with Crippen molar-refractivity contribution in [2.45, 2.75) is 11.4 Å². The summed E-state index contributed by atoms with van der Waals surface area (Å²) in [5, 5.41) is 4.50. The Kier molecular flexibility index (Phi) is 5.09. The number of benzene rings is 1. The van der Waals surface area contributed by atoms with Crippen LogP contribution < -0.4 is 10.1 Å². The Hall–Kier alpha value is -2.83. The van der Waals surface area contributed by atoms with Crippen LogP contribution in [-0.4, -0.2) is 28.1 Å². The molecule has 5 nitrogen and oxygen atoms in total. The van der Waals surface area contributed by atoms with E-state index in [1.807, 2.05) is 37.6 Å². The molecule has 3 aromatic heterocycles. The third-order valence-corrected chi connectivity index (χ3v) is 5.29. The standard InChI is InChI=1S/C21H20N4OS/c1-22-11-17-14-25(27-18-4-3-9-23-13-18)20-10-15(5-7-19(17)20)16-6-8-21(26-2)24-12-16/h3-10,12-14,22H,11H2,1-2H3. The van der Waals surface area contributed by atoms with E-state index in [0.29, 0.717) is 5.88 Å². The number of methoxy groups -OCH3 is 1. The first-order valence-electron chi connectivity index (χ1n) is 8.66. The van der Waals surface area contributed by atoms with Gasteiger partial charge in [-0.05, 0) is 54.4 Å². The van der Waals surface area contributed by atoms with E-state index < -0.39 is 0 Å². The number of pyridine rings is 2. The maximum absolute atomic E-state index is 5.16. The van der Waals surface area contributed by atoms with Gasteiger partial charge in [0.2, 0.25) is 5.88 Å². The smallest absolute Gasteiger partial charge is 0.212 e. The first-order valence-corrected chi connectivity index (χ1v) is 9.43. The second kappa shape index (κ2) is 7.82. The third kappa shape index (κ3) is 3.67. The van der Waals surface area contributed by atoms with E-state index in [0.717, 1.165) is 22.6 Å². The van der Waals surface area contributed by atoms with Gasteiger partial charge in [-0.2, -0.15) is 0 Å². The summed E-state index contributed by atoms with van der Waals surface area (Å²) in [5.41, 5.74) is 4.62. The summed E-state index contributed by atoms with van der Waals surface area (Å²) in [6.45, 7) is 0.820. The lowest BCUT2D eigenvalue weighted by Gasteiger charge is -2.07. The van der Waals surface area contributed by atoms with Crippen LogP contribution in [0.1, 0.15) is 5.56 Å². The average Bonchev–Trinajstić information content (AvgIpc) is 3.06. The molecule has 0 spiro atoms. The largest absolute Gasteiger partial charge is 0.481 e. The fourth-order valence-electron chi connectivity index (χ4n) is 3.04. The molecule has 0 radical (unpaired) electrons. The molecule has 1 N–H and O–H groups in total. The summed E-state index contributed by atoms with van der Waals surface area (Å²) in [6.07, 6.45) is 7.70. The maximum Gasteiger partial charge on any atom is 0.212 e. The second-order valence-electron chi connectivity index (χ2n) is 6.11. The van der Waals surface area contributed by atoms with E-state index in [1.54, 1.807) is 25.3 Å². The molecule has 4 aromatic rings. The number of fused-ring (bicyclic) bond motifs is 1. The van der Waals surface area contributed by atoms with E-state index in [4.69, 9.17) is 4.74 Å². The molecular formula is C21H20N4OS. The van der Waals surface area contributed by atoms with Gasteiger partial charge in [0.25, 0.3) is 0 Å². The highest BCUT2D eigenvalue weighted by atomic mass is 32.2. The summed E-state index contributed by atoms with van der Waals surface area (Å²) in [6, 6.07) is 14.5. The van der Waals surface area contributed by atoms with Gasteiger partial charge in [0, 0.05) is 53.2 Å². The number of nitrogens with zero attached hydrogens (tertiary/aromatic N) is 3. The first-order chi connectivity index (χ1) is 13.3. The highest BCUT2D eigenvalue weighted by molar-refractivity contribution is 7.98. The van der Waals surface area contributed by atoms with Crippen LogP contribution in [0.25, 0.3) is 22.0 Å². The molecule has 0 aliphatic heterocycles. The number of ether oxygens (including phenoxy) is 1. The Bertz CT molecular complexity index is 1050. The minimum absolute atomic E-state index is 0.617. The lowest BCUT2D eigenvalue weighted by Crippen LogP contribution is -2.04. The minimum atomic E-state index is 0.617. The lowest BCUT2D eigenvalue weighted by atomic mass is 10.0. The van der Waals surface area contributed by atoms with Crippen molar-refractivity contribution in [3.8, 4) is 17.0 Å². The molecular weight excluding hydrogens is 356 g/mol. The van der Waals surface area contributed by atoms with Gasteiger partial charge in [-0.25, -0.2) is 4.98 Å². The van der Waals surface area contributed by atoms with E-state index in [2.05, 4.69) is 49.7 Å². The van der Waals surface area contributed by atoms with Gasteiger partial charge < -0.3 is 10.1 Å². The SMILES string of the molecule is CNCc1cn(Sc2cccnc2)c2cc(-c3ccc(OC)nc3)ccc12. The Morgan fingerprint density at radius 1 is 1.11 bits per heavy atom. The van der Waals surface area contributed by atoms with Crippen LogP contribution in [0.5, 0.6) is 5.88 Å². The number of rotatable bonds is 6. The van der Waals surface area contributed by atoms with Crippen LogP contribution in [0.2, 0.25) is 0 Å². The van der Waals surface area contributed by atoms with Crippen molar-refractivity contribution in [2.75, 3.05) is 14.2 Å². The van der Waals surface area contributed by atoms with E-state index in [-0.39, 0.29) is 0 Å². The van der Waals surface area contributed by atoms with Crippen LogP contribution in [0.4, 0.5) is 0 Å². The summed E-state index contributed by atoms with van der Waals surface area (Å²) < 4.78 is 7.37. The molecule has 136 valence electrons. The van der Waals surface area contributed by atoms with Crippen molar-refractivity contribution in [1.82, 2.24) is 19.3 Å². The molecule has 3 heterocycles. The Balaban J connectivity index is 1.78. The van der Waals surface area contributed by atoms with Crippen LogP contribution in [-0.2, 0) is 6.54 Å². The van der Waals surface area contributed by atoms with Crippen molar-refractivity contribution in [3.05, 3.63) is 72.8 Å². The molecule has 0 aliphatic rings. The number of hydrogen-bond acceptors (Lipinski definition) is 5. The van der Waals surface area contributed by atoms with Gasteiger partial charge in [0.05, 0.1) is 12.6 Å². The minimum Gasteiger partial charge on any atom is -0.481 e. The summed E-state index contributed by atoms with van der Waals surface area (Å²) in [5.74, 6) is 0.617. The predicted molar refractivity (Wildman–Crippen MR) is 110 cm³/mol. The van der Waals surface area contributed by atoms with Gasteiger partial charge in [0.15, 0.2) is 0 Å². The quantitative estimate of drug-likeness (QED) is 0.541. The zero-order valence-corrected chi connectivity index (χ0v) is 16.0. The number of aromatic nitrogens is 3. The molecule has 0 aliphatic carbocycles. The molecule has 0 fully saturated rings. The van der Waals surface area contributed by atoms with Gasteiger partial charge in [-0.3, -0.25) is 8.96 Å². The fraction of sp³-hybridized carbons (Fsp3) is 0.143. The molecule has 0 unspecified atom stereocenters. The van der Waals surface area contributed by atoms with Crippen LogP contribution in [0, 0.1) is 0 Å². The van der Waals surface area contributed by atoms with Crippen molar-refractivity contribution < 1.29 is 4.74 Å². The molecule has 4 rings (SSSR count). The van der Waals surface area contributed by atoms with Gasteiger partial charge in [-0.15, -0.1) is 0 Å². The zero-order valence-electron chi connectivity index (χ0n) is 15.2. The zero-order chi connectivity index (χ0) is 18.6. The first kappa shape index (κ1) is 17.6. The molecule has 0 saturated heterocycles. The Labute approximate surface area is 162 Å². The summed E-state index contributed by atoms with van der Waals surface area (Å²) in [7, 11) is 3.59. The van der Waals surface area contributed by atoms with E-state index in [1.165, 1.54) is 16.5 Å². The van der Waals surface area contributed by atoms with Crippen LogP contribution in [0.3, 0.4) is 0 Å². The van der Waals surface area contributed by atoms with Crippen LogP contribution >= 0.6 is 11.9 Å². The second-order valence-corrected chi connectivity index (χ2v) is 7.16. The molecule has 0 atom stereocenters. The number of nitrogens with one attached hydrogen (secondary N) is 1. The van der Waals surface area contributed by atoms with Crippen molar-refractivity contribution >= 4 is 22.9 Å². The monoisotopic (exact) mass is 376 g/mol. The normalized spacial score (nSPS) is 11.0. The van der Waals surface area contributed by atoms with Crippen molar-refractivity contribution in [3.63, 3.8) is 0 Å². The topological polar surface area (TPSA) is 52.0 Å². The lowest BCUT2D eigenvalue weighted by molar-refractivity contribution is 0.398. The highest BCUT2D eigenvalue weighted by Gasteiger charge is 2.11. The third-order valence-electron chi connectivity index (χ3n) is 4.34. The Morgan fingerprint density at radius 3 is 2.70 bits per heavy atom. The maximum atomic E-state index is 5.16. The summed E-state index contributed by atoms with van der Waals surface area (Å²) >= 11 is 1.66. The van der Waals surface area contributed by atoms with Gasteiger partial charge in [-0.1, -0.05) is 12.1 Å². The molecule has 6 heteroatoms. The highest BCUT2D eigenvalue weighted by Crippen LogP contribution is 2.32. The number of hydrogen-bond donors (Lipinski definition) is 1. The molecule has 0 bridgehead atoms. The summed E-state index contributed by atoms with van der Waals surface area (Å²) in [4.78, 5) is 9.64. The van der Waals surface area contributed by atoms with Crippen molar-refractivity contribution in [2.24, 2.45) is 0 Å². The Morgan fingerprint density at radius 2 is 2.00 bits per heavy atom. The van der Waals surface area contributed by atoms with E-state index >= 15 is 0 Å². The molecule has 1 aromatic carbocycles. The predicted octanol–water partition coefficient (Wildman–Crippen LogP) is 4.38. The fourth-order valence-corrected chi connectivity index (χ4v) is 3.94. The van der Waals surface area contributed by atoms with Gasteiger partial charge >= 0.3 is 0 Å². The van der Waals surface area contributed by atoms with E-state index in [9.17, 15) is 0 Å². The van der Waals surface area contributed by atoms with Crippen LogP contribution in [0.15, 0.2) is 72.1 Å². The molecule has 0 saturated carbocycles. The van der Waals surface area contributed by atoms with Gasteiger partial charge in [0.1, 0.15) is 0 Å². The van der Waals surface area contributed by atoms with Crippen molar-refractivity contribution in [1.29, 1.82) is 0 Å². The molecule has 27 heavy (non-hydrogen) atoms. The average molecular weight is 376 g/mol. The molecule has 0 amide bonds.